The first-order valence-corrected chi connectivity index (χ1v) is 8.20. The predicted octanol–water partition coefficient (Wildman–Crippen LogP) is 6.46. The van der Waals surface area contributed by atoms with Crippen LogP contribution in [0.2, 0.25) is 0 Å². The first kappa shape index (κ1) is 16.1. The molecule has 0 fully saturated rings. The lowest BCUT2D eigenvalue weighted by molar-refractivity contribution is 0.504. The van der Waals surface area contributed by atoms with Crippen LogP contribution in [0.5, 0.6) is 0 Å². The van der Waals surface area contributed by atoms with Crippen LogP contribution in [0.15, 0.2) is 54.6 Å². The van der Waals surface area contributed by atoms with Crippen LogP contribution in [-0.4, -0.2) is 0 Å². The molecule has 0 saturated carbocycles. The van der Waals surface area contributed by atoms with Gasteiger partial charge in [-0.2, -0.15) is 0 Å². The zero-order valence-electron chi connectivity index (χ0n) is 13.4. The molecule has 1 heteroatoms. The number of hydrogen-bond donors (Lipinski definition) is 0. The van der Waals surface area contributed by atoms with E-state index in [1.807, 2.05) is 6.07 Å². The quantitative estimate of drug-likeness (QED) is 0.556. The monoisotopic (exact) mass is 300 g/mol. The van der Waals surface area contributed by atoms with E-state index in [1.54, 1.807) is 0 Å². The second-order valence-electron chi connectivity index (χ2n) is 6.43. The van der Waals surface area contributed by atoms with Gasteiger partial charge in [0.05, 0.1) is 5.38 Å². The van der Waals surface area contributed by atoms with Crippen LogP contribution in [0.1, 0.15) is 62.1 Å². The van der Waals surface area contributed by atoms with Gasteiger partial charge in [0.2, 0.25) is 0 Å². The lowest BCUT2D eigenvalue weighted by Crippen LogP contribution is -2.23. The molecule has 112 valence electrons. The lowest BCUT2D eigenvalue weighted by Gasteiger charge is -2.31. The van der Waals surface area contributed by atoms with E-state index in [4.69, 9.17) is 11.6 Å². The molecule has 2 aromatic carbocycles. The largest absolute Gasteiger partial charge is 0.117 e. The molecule has 0 heterocycles. The number of benzene rings is 2. The van der Waals surface area contributed by atoms with Gasteiger partial charge in [-0.1, -0.05) is 82.3 Å². The van der Waals surface area contributed by atoms with Crippen molar-refractivity contribution in [3.05, 3.63) is 71.3 Å². The molecule has 0 nitrogen and oxygen atoms in total. The molecule has 0 bridgehead atoms. The van der Waals surface area contributed by atoms with Gasteiger partial charge in [0.25, 0.3) is 0 Å². The Morgan fingerprint density at radius 2 is 1.43 bits per heavy atom. The number of rotatable bonds is 5. The van der Waals surface area contributed by atoms with Crippen molar-refractivity contribution in [1.29, 1.82) is 0 Å². The zero-order chi connectivity index (χ0) is 15.5. The van der Waals surface area contributed by atoms with Gasteiger partial charge in [-0.15, -0.1) is 11.6 Å². The Morgan fingerprint density at radius 1 is 0.905 bits per heavy atom. The Morgan fingerprint density at radius 3 is 1.95 bits per heavy atom. The Bertz CT molecular complexity index is 554. The van der Waals surface area contributed by atoms with Gasteiger partial charge < -0.3 is 0 Å². The summed E-state index contributed by atoms with van der Waals surface area (Å²) in [5, 5.41) is -0.0362. The minimum atomic E-state index is -0.0965. The smallest absolute Gasteiger partial charge is 0.0676 e. The van der Waals surface area contributed by atoms with Crippen LogP contribution in [-0.2, 0) is 5.41 Å². The number of hydrogen-bond acceptors (Lipinski definition) is 0. The molecular weight excluding hydrogens is 276 g/mol. The van der Waals surface area contributed by atoms with Crippen LogP contribution in [0.3, 0.4) is 0 Å². The highest BCUT2D eigenvalue weighted by Crippen LogP contribution is 2.41. The van der Waals surface area contributed by atoms with Crippen LogP contribution in [0.4, 0.5) is 0 Å². The third-order valence-electron chi connectivity index (χ3n) is 4.56. The summed E-state index contributed by atoms with van der Waals surface area (Å²) >= 11 is 6.80. The maximum absolute atomic E-state index is 6.80. The molecule has 0 aliphatic rings. The summed E-state index contributed by atoms with van der Waals surface area (Å²) in [4.78, 5) is 0. The van der Waals surface area contributed by atoms with Crippen molar-refractivity contribution in [2.75, 3.05) is 0 Å². The molecule has 0 radical (unpaired) electrons. The second kappa shape index (κ2) is 6.66. The van der Waals surface area contributed by atoms with Gasteiger partial charge in [-0.3, -0.25) is 0 Å². The first-order valence-electron chi connectivity index (χ1n) is 7.76. The number of alkyl halides is 1. The summed E-state index contributed by atoms with van der Waals surface area (Å²) in [6.45, 7) is 8.91. The average molecular weight is 301 g/mol. The van der Waals surface area contributed by atoms with E-state index in [9.17, 15) is 0 Å². The van der Waals surface area contributed by atoms with E-state index < -0.39 is 0 Å². The summed E-state index contributed by atoms with van der Waals surface area (Å²) in [6, 6.07) is 19.3. The van der Waals surface area contributed by atoms with Crippen molar-refractivity contribution >= 4 is 11.6 Å². The van der Waals surface area contributed by atoms with E-state index >= 15 is 0 Å². The molecule has 2 unspecified atom stereocenters. The summed E-state index contributed by atoms with van der Waals surface area (Å²) in [6.07, 6.45) is 1.17. The van der Waals surface area contributed by atoms with Crippen LogP contribution in [0.25, 0.3) is 0 Å². The van der Waals surface area contributed by atoms with Crippen LogP contribution in [0, 0.1) is 0 Å². The van der Waals surface area contributed by atoms with Crippen molar-refractivity contribution in [2.45, 2.75) is 50.8 Å². The molecule has 0 aliphatic heterocycles. The molecule has 0 aromatic heterocycles. The minimum Gasteiger partial charge on any atom is -0.117 e. The maximum atomic E-state index is 6.80. The molecule has 0 spiro atoms. The van der Waals surface area contributed by atoms with Crippen molar-refractivity contribution in [1.82, 2.24) is 0 Å². The maximum Gasteiger partial charge on any atom is 0.0676 e. The predicted molar refractivity (Wildman–Crippen MR) is 93.2 cm³/mol. The van der Waals surface area contributed by atoms with Gasteiger partial charge >= 0.3 is 0 Å². The molecule has 0 amide bonds. The van der Waals surface area contributed by atoms with Crippen molar-refractivity contribution < 1.29 is 0 Å². The third kappa shape index (κ3) is 3.49. The lowest BCUT2D eigenvalue weighted by atomic mass is 9.78. The molecule has 0 saturated heterocycles. The average Bonchev–Trinajstić information content (AvgIpc) is 2.54. The van der Waals surface area contributed by atoms with Crippen LogP contribution >= 0.6 is 11.6 Å². The van der Waals surface area contributed by atoms with E-state index in [0.717, 1.165) is 0 Å². The standard InChI is InChI=1S/C20H25Cl/c1-5-15(2)16-11-13-17(14-12-16)19(21)20(3,4)18-9-7-6-8-10-18/h6-15,19H,5H2,1-4H3. The summed E-state index contributed by atoms with van der Waals surface area (Å²) in [5.74, 6) is 0.606. The Labute approximate surface area is 134 Å². The summed E-state index contributed by atoms with van der Waals surface area (Å²) in [5.41, 5.74) is 3.76. The van der Waals surface area contributed by atoms with E-state index in [-0.39, 0.29) is 10.8 Å². The fraction of sp³-hybridized carbons (Fsp3) is 0.400. The summed E-state index contributed by atoms with van der Waals surface area (Å²) in [7, 11) is 0. The molecule has 0 aliphatic carbocycles. The van der Waals surface area contributed by atoms with Gasteiger partial charge in [-0.25, -0.2) is 0 Å². The zero-order valence-corrected chi connectivity index (χ0v) is 14.2. The van der Waals surface area contributed by atoms with Crippen LogP contribution < -0.4 is 0 Å². The van der Waals surface area contributed by atoms with Gasteiger partial charge in [0, 0.05) is 5.41 Å². The molecule has 0 N–H and O–H groups in total. The van der Waals surface area contributed by atoms with E-state index in [0.29, 0.717) is 5.92 Å². The molecule has 2 rings (SSSR count). The summed E-state index contributed by atoms with van der Waals surface area (Å²) < 4.78 is 0. The molecular formula is C20H25Cl. The van der Waals surface area contributed by atoms with Crippen molar-refractivity contribution in [2.24, 2.45) is 0 Å². The molecule has 2 aromatic rings. The SMILES string of the molecule is CCC(C)c1ccc(C(Cl)C(C)(C)c2ccccc2)cc1. The fourth-order valence-electron chi connectivity index (χ4n) is 2.66. The first-order chi connectivity index (χ1) is 9.96. The fourth-order valence-corrected chi connectivity index (χ4v) is 2.93. The highest BCUT2D eigenvalue weighted by Gasteiger charge is 2.30. The van der Waals surface area contributed by atoms with Crippen molar-refractivity contribution in [3.63, 3.8) is 0 Å². The van der Waals surface area contributed by atoms with Crippen molar-refractivity contribution in [3.8, 4) is 0 Å². The molecule has 2 atom stereocenters. The molecule has 21 heavy (non-hydrogen) atoms. The Kier molecular flexibility index (Phi) is 5.11. The Hall–Kier alpha value is -1.27. The van der Waals surface area contributed by atoms with E-state index in [2.05, 4.69) is 76.2 Å². The van der Waals surface area contributed by atoms with E-state index in [1.165, 1.54) is 23.1 Å². The van der Waals surface area contributed by atoms with Gasteiger partial charge in [0.1, 0.15) is 0 Å². The topological polar surface area (TPSA) is 0 Å². The highest BCUT2D eigenvalue weighted by molar-refractivity contribution is 6.21. The van der Waals surface area contributed by atoms with Gasteiger partial charge in [0.15, 0.2) is 0 Å². The highest BCUT2D eigenvalue weighted by atomic mass is 35.5. The minimum absolute atomic E-state index is 0.0362. The normalized spacial score (nSPS) is 14.7. The Balaban J connectivity index is 2.25. The van der Waals surface area contributed by atoms with Gasteiger partial charge in [-0.05, 0) is 29.0 Å². The third-order valence-corrected chi connectivity index (χ3v) is 5.36. The second-order valence-corrected chi connectivity index (χ2v) is 6.86. The number of halogens is 1.